The van der Waals surface area contributed by atoms with E-state index in [0.29, 0.717) is 0 Å². The third-order valence-electron chi connectivity index (χ3n) is 2.12. The smallest absolute Gasteiger partial charge is 0.113 e. The molecule has 2 nitrogen and oxygen atoms in total. The molecule has 0 fully saturated rings. The highest BCUT2D eigenvalue weighted by molar-refractivity contribution is 9.10. The van der Waals surface area contributed by atoms with Crippen LogP contribution in [-0.4, -0.2) is 9.55 Å². The Kier molecular flexibility index (Phi) is 2.68. The van der Waals surface area contributed by atoms with Crippen LogP contribution in [0.2, 0.25) is 0 Å². The van der Waals surface area contributed by atoms with Crippen molar-refractivity contribution in [2.24, 2.45) is 0 Å². The van der Waals surface area contributed by atoms with E-state index in [1.165, 1.54) is 0 Å². The van der Waals surface area contributed by atoms with Gasteiger partial charge in [-0.15, -0.1) is 0 Å². The Morgan fingerprint density at radius 3 is 2.64 bits per heavy atom. The van der Waals surface area contributed by atoms with E-state index in [1.54, 1.807) is 0 Å². The van der Waals surface area contributed by atoms with E-state index in [-0.39, 0.29) is 0 Å². The minimum absolute atomic E-state index is 0.931. The summed E-state index contributed by atoms with van der Waals surface area (Å²) in [6, 6.07) is 10.2. The number of imidazole rings is 1. The molecular formula is C11H11BrN2. The van der Waals surface area contributed by atoms with Crippen molar-refractivity contribution >= 4 is 15.9 Å². The van der Waals surface area contributed by atoms with Gasteiger partial charge in [-0.1, -0.05) is 25.1 Å². The number of hydrogen-bond acceptors (Lipinski definition) is 1. The van der Waals surface area contributed by atoms with Gasteiger partial charge in [0.25, 0.3) is 0 Å². The fourth-order valence-corrected chi connectivity index (χ4v) is 1.98. The largest absolute Gasteiger partial charge is 0.291 e. The number of benzene rings is 1. The average molecular weight is 251 g/mol. The molecule has 3 heteroatoms. The fraction of sp³-hybridized carbons (Fsp3) is 0.182. The summed E-state index contributed by atoms with van der Waals surface area (Å²) in [5.41, 5.74) is 1.15. The molecule has 0 unspecified atom stereocenters. The standard InChI is InChI=1S/C11H11BrN2/c1-2-11-13-8-10(12)14(11)9-6-4-3-5-7-9/h3-8H,2H2,1H3. The van der Waals surface area contributed by atoms with Crippen molar-refractivity contribution in [3.8, 4) is 5.69 Å². The first kappa shape index (κ1) is 9.46. The van der Waals surface area contributed by atoms with E-state index in [0.717, 1.165) is 22.5 Å². The molecular weight excluding hydrogens is 240 g/mol. The van der Waals surface area contributed by atoms with Gasteiger partial charge >= 0.3 is 0 Å². The van der Waals surface area contributed by atoms with Crippen LogP contribution < -0.4 is 0 Å². The van der Waals surface area contributed by atoms with Crippen LogP contribution in [0.15, 0.2) is 41.1 Å². The molecule has 0 aliphatic rings. The van der Waals surface area contributed by atoms with Gasteiger partial charge in [0.15, 0.2) is 0 Å². The van der Waals surface area contributed by atoms with Crippen molar-refractivity contribution in [3.63, 3.8) is 0 Å². The summed E-state index contributed by atoms with van der Waals surface area (Å²) in [7, 11) is 0. The maximum atomic E-state index is 4.33. The quantitative estimate of drug-likeness (QED) is 0.801. The number of aryl methyl sites for hydroxylation is 1. The average Bonchev–Trinajstić information content (AvgIpc) is 2.61. The first-order valence-corrected chi connectivity index (χ1v) is 5.39. The molecule has 0 N–H and O–H groups in total. The number of halogens is 1. The fourth-order valence-electron chi connectivity index (χ4n) is 1.47. The van der Waals surface area contributed by atoms with Gasteiger partial charge in [-0.25, -0.2) is 4.98 Å². The predicted octanol–water partition coefficient (Wildman–Crippen LogP) is 3.20. The van der Waals surface area contributed by atoms with Crippen molar-refractivity contribution in [2.75, 3.05) is 0 Å². The van der Waals surface area contributed by atoms with Crippen LogP contribution in [0, 0.1) is 0 Å². The molecule has 0 spiro atoms. The molecule has 0 aliphatic carbocycles. The van der Waals surface area contributed by atoms with Crippen LogP contribution in [0.5, 0.6) is 0 Å². The lowest BCUT2D eigenvalue weighted by molar-refractivity contribution is 0.881. The lowest BCUT2D eigenvalue weighted by Crippen LogP contribution is -1.99. The molecule has 0 saturated carbocycles. The maximum Gasteiger partial charge on any atom is 0.113 e. The number of aromatic nitrogens is 2. The first-order valence-electron chi connectivity index (χ1n) is 4.60. The Labute approximate surface area is 91.7 Å². The summed E-state index contributed by atoms with van der Waals surface area (Å²) in [4.78, 5) is 4.33. The zero-order chi connectivity index (χ0) is 9.97. The van der Waals surface area contributed by atoms with Crippen molar-refractivity contribution < 1.29 is 0 Å². The Morgan fingerprint density at radius 1 is 1.29 bits per heavy atom. The van der Waals surface area contributed by atoms with Crippen molar-refractivity contribution in [3.05, 3.63) is 47.0 Å². The molecule has 1 aromatic heterocycles. The summed E-state index contributed by atoms with van der Waals surface area (Å²) in [5, 5.41) is 0. The number of rotatable bonds is 2. The molecule has 1 heterocycles. The van der Waals surface area contributed by atoms with Gasteiger partial charge in [0.2, 0.25) is 0 Å². The van der Waals surface area contributed by atoms with Crippen LogP contribution in [0.25, 0.3) is 5.69 Å². The Balaban J connectivity index is 2.55. The van der Waals surface area contributed by atoms with Gasteiger partial charge in [0.1, 0.15) is 10.4 Å². The van der Waals surface area contributed by atoms with Crippen LogP contribution >= 0.6 is 15.9 Å². The first-order chi connectivity index (χ1) is 6.83. The van der Waals surface area contributed by atoms with Gasteiger partial charge in [-0.3, -0.25) is 4.57 Å². The minimum atomic E-state index is 0.931. The second kappa shape index (κ2) is 3.96. The summed E-state index contributed by atoms with van der Waals surface area (Å²) in [6.07, 6.45) is 2.77. The Hall–Kier alpha value is -1.09. The van der Waals surface area contributed by atoms with Gasteiger partial charge in [-0.2, -0.15) is 0 Å². The van der Waals surface area contributed by atoms with E-state index in [1.807, 2.05) is 24.4 Å². The van der Waals surface area contributed by atoms with Crippen LogP contribution in [0.1, 0.15) is 12.7 Å². The van der Waals surface area contributed by atoms with E-state index in [9.17, 15) is 0 Å². The summed E-state index contributed by atoms with van der Waals surface area (Å²) in [6.45, 7) is 2.11. The predicted molar refractivity (Wildman–Crippen MR) is 60.6 cm³/mol. The SMILES string of the molecule is CCc1ncc(Br)n1-c1ccccc1. The molecule has 0 aliphatic heterocycles. The molecule has 0 bridgehead atoms. The molecule has 0 atom stereocenters. The zero-order valence-electron chi connectivity index (χ0n) is 7.94. The number of para-hydroxylation sites is 1. The van der Waals surface area contributed by atoms with Gasteiger partial charge < -0.3 is 0 Å². The topological polar surface area (TPSA) is 17.8 Å². The summed E-state index contributed by atoms with van der Waals surface area (Å²) in [5.74, 6) is 1.07. The summed E-state index contributed by atoms with van der Waals surface area (Å²) >= 11 is 3.50. The molecule has 2 rings (SSSR count). The van der Waals surface area contributed by atoms with Gasteiger partial charge in [0, 0.05) is 12.1 Å². The number of nitrogens with zero attached hydrogens (tertiary/aromatic N) is 2. The molecule has 0 saturated heterocycles. The molecule has 14 heavy (non-hydrogen) atoms. The van der Waals surface area contributed by atoms with E-state index < -0.39 is 0 Å². The van der Waals surface area contributed by atoms with Gasteiger partial charge in [-0.05, 0) is 28.1 Å². The van der Waals surface area contributed by atoms with Crippen LogP contribution in [-0.2, 0) is 6.42 Å². The third kappa shape index (κ3) is 1.60. The van der Waals surface area contributed by atoms with Crippen molar-refractivity contribution in [1.82, 2.24) is 9.55 Å². The van der Waals surface area contributed by atoms with E-state index in [4.69, 9.17) is 0 Å². The van der Waals surface area contributed by atoms with Crippen molar-refractivity contribution in [1.29, 1.82) is 0 Å². The Bertz CT molecular complexity index is 420. The van der Waals surface area contributed by atoms with Gasteiger partial charge in [0.05, 0.1) is 6.20 Å². The van der Waals surface area contributed by atoms with E-state index >= 15 is 0 Å². The minimum Gasteiger partial charge on any atom is -0.291 e. The lowest BCUT2D eigenvalue weighted by Gasteiger charge is -2.07. The van der Waals surface area contributed by atoms with E-state index in [2.05, 4.69) is 44.5 Å². The maximum absolute atomic E-state index is 4.33. The second-order valence-electron chi connectivity index (χ2n) is 3.02. The normalized spacial score (nSPS) is 10.4. The Morgan fingerprint density at radius 2 is 2.00 bits per heavy atom. The summed E-state index contributed by atoms with van der Waals surface area (Å²) < 4.78 is 3.11. The second-order valence-corrected chi connectivity index (χ2v) is 3.83. The van der Waals surface area contributed by atoms with Crippen LogP contribution in [0.4, 0.5) is 0 Å². The molecule has 0 amide bonds. The highest BCUT2D eigenvalue weighted by Gasteiger charge is 2.06. The molecule has 2 aromatic rings. The number of hydrogen-bond donors (Lipinski definition) is 0. The van der Waals surface area contributed by atoms with Crippen molar-refractivity contribution in [2.45, 2.75) is 13.3 Å². The van der Waals surface area contributed by atoms with Crippen LogP contribution in [0.3, 0.4) is 0 Å². The monoisotopic (exact) mass is 250 g/mol. The molecule has 0 radical (unpaired) electrons. The molecule has 1 aromatic carbocycles. The third-order valence-corrected chi connectivity index (χ3v) is 2.68. The zero-order valence-corrected chi connectivity index (χ0v) is 9.53. The highest BCUT2D eigenvalue weighted by atomic mass is 79.9. The molecule has 72 valence electrons. The lowest BCUT2D eigenvalue weighted by atomic mass is 10.3. The highest BCUT2D eigenvalue weighted by Crippen LogP contribution is 2.19.